The van der Waals surface area contributed by atoms with Gasteiger partial charge in [0.2, 0.25) is 0 Å². The van der Waals surface area contributed by atoms with Crippen LogP contribution >= 0.6 is 22.7 Å². The van der Waals surface area contributed by atoms with E-state index < -0.39 is 33.9 Å². The highest BCUT2D eigenvalue weighted by Gasteiger charge is 2.80. The number of benzene rings is 1. The lowest BCUT2D eigenvalue weighted by Crippen LogP contribution is -2.48. The van der Waals surface area contributed by atoms with Gasteiger partial charge in [0.15, 0.2) is 0 Å². The van der Waals surface area contributed by atoms with Crippen LogP contribution in [0.1, 0.15) is 26.0 Å². The molecule has 1 aromatic carbocycles. The molecular weight excluding hydrogens is 444 g/mol. The molecular formula is C21H15F6NS2. The second-order valence-electron chi connectivity index (χ2n) is 7.08. The highest BCUT2D eigenvalue weighted by Crippen LogP contribution is 2.65. The molecule has 9 heteroatoms. The average molecular weight is 459 g/mol. The summed E-state index contributed by atoms with van der Waals surface area (Å²) in [4.78, 5) is 5.18. The van der Waals surface area contributed by atoms with Gasteiger partial charge in [-0.3, -0.25) is 0 Å². The number of halogens is 6. The van der Waals surface area contributed by atoms with E-state index in [4.69, 9.17) is 0 Å². The van der Waals surface area contributed by atoms with E-state index in [0.29, 0.717) is 32.3 Å². The molecule has 0 atom stereocenters. The van der Waals surface area contributed by atoms with Gasteiger partial charge in [0.1, 0.15) is 5.01 Å². The topological polar surface area (TPSA) is 12.9 Å². The summed E-state index contributed by atoms with van der Waals surface area (Å²) < 4.78 is 88.1. The van der Waals surface area contributed by atoms with E-state index in [1.54, 1.807) is 37.3 Å². The van der Waals surface area contributed by atoms with E-state index in [0.717, 1.165) is 11.3 Å². The number of rotatable bonds is 3. The first-order valence-corrected chi connectivity index (χ1v) is 10.5. The van der Waals surface area contributed by atoms with Crippen molar-refractivity contribution in [3.05, 3.63) is 62.4 Å². The van der Waals surface area contributed by atoms with Crippen LogP contribution in [0.3, 0.4) is 0 Å². The van der Waals surface area contributed by atoms with Gasteiger partial charge < -0.3 is 0 Å². The van der Waals surface area contributed by atoms with Gasteiger partial charge in [0.05, 0.1) is 11.3 Å². The molecule has 0 bridgehead atoms. The number of allylic oxidation sites excluding steroid dienone is 2. The molecule has 158 valence electrons. The van der Waals surface area contributed by atoms with E-state index in [9.17, 15) is 26.3 Å². The first kappa shape index (κ1) is 21.1. The Hall–Kier alpha value is -2.13. The zero-order valence-electron chi connectivity index (χ0n) is 16.0. The molecule has 30 heavy (non-hydrogen) atoms. The second-order valence-corrected chi connectivity index (χ2v) is 9.54. The van der Waals surface area contributed by atoms with Crippen molar-refractivity contribution in [3.63, 3.8) is 0 Å². The molecule has 1 aliphatic carbocycles. The molecule has 1 aliphatic rings. The van der Waals surface area contributed by atoms with Crippen molar-refractivity contribution >= 4 is 33.8 Å². The highest BCUT2D eigenvalue weighted by atomic mass is 32.1. The molecule has 0 radical (unpaired) electrons. The molecule has 2 heterocycles. The Balaban J connectivity index is 2.03. The van der Waals surface area contributed by atoms with E-state index in [2.05, 4.69) is 4.98 Å². The quantitative estimate of drug-likeness (QED) is 0.367. The van der Waals surface area contributed by atoms with Crippen LogP contribution in [0.5, 0.6) is 0 Å². The fourth-order valence-electron chi connectivity index (χ4n) is 3.42. The van der Waals surface area contributed by atoms with Crippen molar-refractivity contribution < 1.29 is 26.3 Å². The summed E-state index contributed by atoms with van der Waals surface area (Å²) in [5.74, 6) is -15.7. The zero-order valence-corrected chi connectivity index (χ0v) is 17.6. The predicted molar refractivity (Wildman–Crippen MR) is 108 cm³/mol. The lowest BCUT2D eigenvalue weighted by molar-refractivity contribution is -0.254. The van der Waals surface area contributed by atoms with E-state index in [-0.39, 0.29) is 10.4 Å². The van der Waals surface area contributed by atoms with E-state index in [1.807, 2.05) is 0 Å². The van der Waals surface area contributed by atoms with Gasteiger partial charge >= 0.3 is 17.8 Å². The summed E-state index contributed by atoms with van der Waals surface area (Å²) in [5.41, 5.74) is -2.02. The van der Waals surface area contributed by atoms with Crippen LogP contribution < -0.4 is 0 Å². The predicted octanol–water partition coefficient (Wildman–Crippen LogP) is 7.63. The van der Waals surface area contributed by atoms with Crippen LogP contribution in [0.2, 0.25) is 0 Å². The summed E-state index contributed by atoms with van der Waals surface area (Å²) in [6, 6.07) is 9.99. The fraction of sp³-hybridized carbons (Fsp3) is 0.286. The highest BCUT2D eigenvalue weighted by molar-refractivity contribution is 7.15. The van der Waals surface area contributed by atoms with Crippen molar-refractivity contribution in [2.45, 2.75) is 38.5 Å². The third kappa shape index (κ3) is 2.78. The van der Waals surface area contributed by atoms with E-state index >= 15 is 0 Å². The fourth-order valence-corrected chi connectivity index (χ4v) is 5.45. The Kier molecular flexibility index (Phi) is 4.70. The number of nitrogens with zero attached hydrogens (tertiary/aromatic N) is 1. The minimum Gasteiger partial charge on any atom is -0.241 e. The number of aromatic nitrogens is 1. The lowest BCUT2D eigenvalue weighted by Gasteiger charge is -2.25. The van der Waals surface area contributed by atoms with E-state index in [1.165, 1.54) is 19.9 Å². The smallest absolute Gasteiger partial charge is 0.241 e. The molecule has 4 rings (SSSR count). The molecule has 1 nitrogen and oxygen atoms in total. The Morgan fingerprint density at radius 2 is 1.37 bits per heavy atom. The largest absolute Gasteiger partial charge is 0.380 e. The minimum absolute atomic E-state index is 0.250. The Bertz CT molecular complexity index is 1140. The third-order valence-electron chi connectivity index (χ3n) is 5.15. The van der Waals surface area contributed by atoms with Crippen LogP contribution in [-0.4, -0.2) is 22.8 Å². The van der Waals surface area contributed by atoms with Gasteiger partial charge in [0.25, 0.3) is 0 Å². The molecule has 0 saturated heterocycles. The summed E-state index contributed by atoms with van der Waals surface area (Å²) in [7, 11) is 0. The molecule has 0 unspecified atom stereocenters. The van der Waals surface area contributed by atoms with Crippen molar-refractivity contribution in [2.24, 2.45) is 0 Å². The molecule has 0 N–H and O–H groups in total. The van der Waals surface area contributed by atoms with Crippen LogP contribution in [0.25, 0.3) is 21.6 Å². The van der Waals surface area contributed by atoms with Gasteiger partial charge in [-0.25, -0.2) is 4.98 Å². The molecule has 0 spiro atoms. The van der Waals surface area contributed by atoms with Gasteiger partial charge in [-0.15, -0.1) is 22.7 Å². The molecule has 3 aromatic rings. The molecule has 0 fully saturated rings. The van der Waals surface area contributed by atoms with Crippen molar-refractivity contribution in [3.8, 4) is 10.4 Å². The van der Waals surface area contributed by atoms with Crippen LogP contribution in [-0.2, 0) is 0 Å². The molecule has 0 amide bonds. The van der Waals surface area contributed by atoms with Gasteiger partial charge in [-0.2, -0.15) is 26.3 Å². The number of aryl methyl sites for hydroxylation is 3. The van der Waals surface area contributed by atoms with Crippen LogP contribution in [0.15, 0.2) is 36.4 Å². The molecule has 2 aromatic heterocycles. The summed E-state index contributed by atoms with van der Waals surface area (Å²) in [6.07, 6.45) is 0. The number of hydrogen-bond donors (Lipinski definition) is 0. The monoisotopic (exact) mass is 459 g/mol. The Morgan fingerprint density at radius 3 is 1.93 bits per heavy atom. The Morgan fingerprint density at radius 1 is 0.767 bits per heavy atom. The SMILES string of the molecule is Cc1nc(C2=C(c3cc(-c4ccccc4)sc3C)C(F)(F)C(F)(F)C2(F)F)sc1C. The summed E-state index contributed by atoms with van der Waals surface area (Å²) in [5, 5.41) is -0.506. The maximum absolute atomic E-state index is 14.9. The first-order chi connectivity index (χ1) is 13.9. The first-order valence-electron chi connectivity index (χ1n) is 8.89. The second kappa shape index (κ2) is 6.68. The summed E-state index contributed by atoms with van der Waals surface area (Å²) >= 11 is 1.80. The van der Waals surface area contributed by atoms with Crippen molar-refractivity contribution in [2.75, 3.05) is 0 Å². The average Bonchev–Trinajstić information content (AvgIpc) is 3.24. The Labute approximate surface area is 176 Å². The van der Waals surface area contributed by atoms with Crippen molar-refractivity contribution in [1.82, 2.24) is 4.98 Å². The van der Waals surface area contributed by atoms with Crippen LogP contribution in [0, 0.1) is 20.8 Å². The maximum Gasteiger partial charge on any atom is 0.380 e. The number of alkyl halides is 6. The molecule has 0 saturated carbocycles. The minimum atomic E-state index is -5.57. The summed E-state index contributed by atoms with van der Waals surface area (Å²) in [6.45, 7) is 4.55. The third-order valence-corrected chi connectivity index (χ3v) is 7.34. The molecule has 0 aliphatic heterocycles. The maximum atomic E-state index is 14.9. The number of thiazole rings is 1. The standard InChI is InChI=1S/C21H15F6NS2/c1-10-11(2)30-18(28-10)17-16(19(22,23)21(26,27)20(17,24)25)14-9-15(29-12(14)3)13-7-5-4-6-8-13/h4-9H,1-3H3. The zero-order chi connectivity index (χ0) is 22.1. The lowest BCUT2D eigenvalue weighted by atomic mass is 9.99. The number of thiophene rings is 1. The van der Waals surface area contributed by atoms with Crippen molar-refractivity contribution in [1.29, 1.82) is 0 Å². The van der Waals surface area contributed by atoms with Gasteiger partial charge in [-0.1, -0.05) is 30.3 Å². The van der Waals surface area contributed by atoms with Gasteiger partial charge in [0, 0.05) is 20.2 Å². The normalized spacial score (nSPS) is 19.5. The number of hydrogen-bond acceptors (Lipinski definition) is 3. The van der Waals surface area contributed by atoms with Gasteiger partial charge in [-0.05, 0) is 38.0 Å². The van der Waals surface area contributed by atoms with Crippen LogP contribution in [0.4, 0.5) is 26.3 Å².